The van der Waals surface area contributed by atoms with Gasteiger partial charge in [0.25, 0.3) is 10.1 Å². The van der Waals surface area contributed by atoms with E-state index < -0.39 is 10.1 Å². The molecule has 2 rings (SSSR count). The summed E-state index contributed by atoms with van der Waals surface area (Å²) in [5.41, 5.74) is 1.18. The summed E-state index contributed by atoms with van der Waals surface area (Å²) < 4.78 is 37.5. The third kappa shape index (κ3) is 5.62. The summed E-state index contributed by atoms with van der Waals surface area (Å²) >= 11 is 0. The van der Waals surface area contributed by atoms with Gasteiger partial charge in [0.1, 0.15) is 5.75 Å². The summed E-state index contributed by atoms with van der Waals surface area (Å²) in [5.74, 6) is 0.833. The highest BCUT2D eigenvalue weighted by atomic mass is 32.2. The molecular formula is C14H21NO5S. The van der Waals surface area contributed by atoms with Crippen molar-refractivity contribution in [3.63, 3.8) is 0 Å². The van der Waals surface area contributed by atoms with Crippen LogP contribution < -0.4 is 4.74 Å². The number of nitrogens with zero attached hydrogens (tertiary/aromatic N) is 1. The standard InChI is InChI=1S/C14H21NO5S/c1-18-13-5-3-12(4-6-13)9-15-7-8-19-14(10-15)11-20-21(2,16)17/h3-6,14H,7-11H2,1-2H3/t14-/m0/s1. The SMILES string of the molecule is COc1ccc(CN2CCO[C@H](COS(C)(=O)=O)C2)cc1. The van der Waals surface area contributed by atoms with Crippen LogP contribution in [0, 0.1) is 0 Å². The molecule has 0 radical (unpaired) electrons. The van der Waals surface area contributed by atoms with E-state index in [9.17, 15) is 8.42 Å². The predicted octanol–water partition coefficient (Wildman–Crippen LogP) is 0.872. The summed E-state index contributed by atoms with van der Waals surface area (Å²) in [7, 11) is -1.78. The molecule has 7 heteroatoms. The topological polar surface area (TPSA) is 65.1 Å². The average Bonchev–Trinajstić information content (AvgIpc) is 2.46. The number of hydrogen-bond acceptors (Lipinski definition) is 6. The van der Waals surface area contributed by atoms with Crippen LogP contribution in [0.4, 0.5) is 0 Å². The number of rotatable bonds is 6. The molecule has 1 aliphatic rings. The fraction of sp³-hybridized carbons (Fsp3) is 0.571. The molecule has 1 fully saturated rings. The largest absolute Gasteiger partial charge is 0.497 e. The molecule has 0 amide bonds. The van der Waals surface area contributed by atoms with Crippen molar-refractivity contribution in [2.24, 2.45) is 0 Å². The molecule has 1 aliphatic heterocycles. The van der Waals surface area contributed by atoms with Crippen LogP contribution >= 0.6 is 0 Å². The molecule has 1 saturated heterocycles. The Kier molecular flexibility index (Phi) is 5.58. The maximum absolute atomic E-state index is 11.0. The van der Waals surface area contributed by atoms with Crippen molar-refractivity contribution >= 4 is 10.1 Å². The van der Waals surface area contributed by atoms with E-state index in [2.05, 4.69) is 4.90 Å². The molecule has 1 atom stereocenters. The van der Waals surface area contributed by atoms with Crippen molar-refractivity contribution in [3.05, 3.63) is 29.8 Å². The lowest BCUT2D eigenvalue weighted by Crippen LogP contribution is -2.44. The number of ether oxygens (including phenoxy) is 2. The van der Waals surface area contributed by atoms with Crippen LogP contribution in [-0.2, 0) is 25.6 Å². The van der Waals surface area contributed by atoms with Gasteiger partial charge in [-0.2, -0.15) is 8.42 Å². The van der Waals surface area contributed by atoms with Crippen molar-refractivity contribution in [1.82, 2.24) is 4.90 Å². The van der Waals surface area contributed by atoms with E-state index >= 15 is 0 Å². The Morgan fingerprint density at radius 3 is 2.67 bits per heavy atom. The van der Waals surface area contributed by atoms with Crippen molar-refractivity contribution in [2.45, 2.75) is 12.6 Å². The highest BCUT2D eigenvalue weighted by Crippen LogP contribution is 2.15. The molecule has 0 aromatic heterocycles. The van der Waals surface area contributed by atoms with Crippen molar-refractivity contribution in [1.29, 1.82) is 0 Å². The van der Waals surface area contributed by atoms with Crippen molar-refractivity contribution in [2.75, 3.05) is 39.7 Å². The first-order chi connectivity index (χ1) is 9.96. The zero-order chi connectivity index (χ0) is 15.3. The van der Waals surface area contributed by atoms with E-state index in [1.54, 1.807) is 7.11 Å². The molecule has 1 aromatic carbocycles. The second kappa shape index (κ2) is 7.22. The van der Waals surface area contributed by atoms with Gasteiger partial charge in [-0.25, -0.2) is 0 Å². The zero-order valence-electron chi connectivity index (χ0n) is 12.3. The molecule has 0 unspecified atom stereocenters. The number of methoxy groups -OCH3 is 1. The Morgan fingerprint density at radius 1 is 1.33 bits per heavy atom. The van der Waals surface area contributed by atoms with Crippen LogP contribution in [-0.4, -0.2) is 59.1 Å². The highest BCUT2D eigenvalue weighted by molar-refractivity contribution is 7.85. The van der Waals surface area contributed by atoms with Gasteiger partial charge in [0.05, 0.1) is 32.7 Å². The second-order valence-electron chi connectivity index (χ2n) is 5.06. The van der Waals surface area contributed by atoms with Crippen LogP contribution in [0.1, 0.15) is 5.56 Å². The molecule has 0 N–H and O–H groups in total. The summed E-state index contributed by atoms with van der Waals surface area (Å²) in [6.07, 6.45) is 0.831. The molecule has 1 heterocycles. The van der Waals surface area contributed by atoms with Gasteiger partial charge in [-0.15, -0.1) is 0 Å². The van der Waals surface area contributed by atoms with E-state index in [-0.39, 0.29) is 12.7 Å². The molecule has 21 heavy (non-hydrogen) atoms. The first-order valence-corrected chi connectivity index (χ1v) is 8.59. The molecule has 1 aromatic rings. The summed E-state index contributed by atoms with van der Waals surface area (Å²) in [6.45, 7) is 2.91. The lowest BCUT2D eigenvalue weighted by Gasteiger charge is -2.32. The lowest BCUT2D eigenvalue weighted by molar-refractivity contribution is -0.0494. The predicted molar refractivity (Wildman–Crippen MR) is 78.8 cm³/mol. The number of morpholine rings is 1. The van der Waals surface area contributed by atoms with Gasteiger partial charge in [0.15, 0.2) is 0 Å². The van der Waals surface area contributed by atoms with Gasteiger partial charge < -0.3 is 9.47 Å². The van der Waals surface area contributed by atoms with E-state index in [1.165, 1.54) is 5.56 Å². The molecular weight excluding hydrogens is 294 g/mol. The van der Waals surface area contributed by atoms with E-state index in [1.807, 2.05) is 24.3 Å². The lowest BCUT2D eigenvalue weighted by atomic mass is 10.2. The monoisotopic (exact) mass is 315 g/mol. The smallest absolute Gasteiger partial charge is 0.264 e. The van der Waals surface area contributed by atoms with Gasteiger partial charge >= 0.3 is 0 Å². The van der Waals surface area contributed by atoms with Crippen LogP contribution in [0.15, 0.2) is 24.3 Å². The molecule has 0 spiro atoms. The van der Waals surface area contributed by atoms with Gasteiger partial charge in [-0.3, -0.25) is 9.08 Å². The highest BCUT2D eigenvalue weighted by Gasteiger charge is 2.22. The van der Waals surface area contributed by atoms with Crippen LogP contribution in [0.3, 0.4) is 0 Å². The maximum atomic E-state index is 11.0. The van der Waals surface area contributed by atoms with E-state index in [0.717, 1.165) is 25.1 Å². The Balaban J connectivity index is 1.85. The van der Waals surface area contributed by atoms with Crippen molar-refractivity contribution in [3.8, 4) is 5.75 Å². The Morgan fingerprint density at radius 2 is 2.05 bits per heavy atom. The first kappa shape index (κ1) is 16.2. The maximum Gasteiger partial charge on any atom is 0.264 e. The summed E-state index contributed by atoms with van der Waals surface area (Å²) in [5, 5.41) is 0. The van der Waals surface area contributed by atoms with Crippen LogP contribution in [0.5, 0.6) is 5.75 Å². The Hall–Kier alpha value is -1.15. The summed E-state index contributed by atoms with van der Waals surface area (Å²) in [6, 6.07) is 7.91. The normalized spacial score (nSPS) is 20.4. The third-order valence-corrected chi connectivity index (χ3v) is 3.82. The van der Waals surface area contributed by atoms with E-state index in [4.69, 9.17) is 13.7 Å². The Labute approximate surface area is 125 Å². The Bertz CT molecular complexity index is 543. The molecule has 0 saturated carbocycles. The molecule has 118 valence electrons. The van der Waals surface area contributed by atoms with Gasteiger partial charge in [-0.05, 0) is 17.7 Å². The molecule has 0 bridgehead atoms. The van der Waals surface area contributed by atoms with Crippen LogP contribution in [0.2, 0.25) is 0 Å². The summed E-state index contributed by atoms with van der Waals surface area (Å²) in [4.78, 5) is 2.22. The van der Waals surface area contributed by atoms with Gasteiger partial charge in [0.2, 0.25) is 0 Å². The quantitative estimate of drug-likeness (QED) is 0.726. The molecule has 6 nitrogen and oxygen atoms in total. The number of benzene rings is 1. The minimum Gasteiger partial charge on any atom is -0.497 e. The minimum atomic E-state index is -3.42. The minimum absolute atomic E-state index is 0.0674. The number of hydrogen-bond donors (Lipinski definition) is 0. The third-order valence-electron chi connectivity index (χ3n) is 3.26. The van der Waals surface area contributed by atoms with Crippen molar-refractivity contribution < 1.29 is 22.1 Å². The average molecular weight is 315 g/mol. The van der Waals surface area contributed by atoms with E-state index in [0.29, 0.717) is 13.2 Å². The first-order valence-electron chi connectivity index (χ1n) is 6.77. The van der Waals surface area contributed by atoms with Gasteiger partial charge in [0, 0.05) is 19.6 Å². The zero-order valence-corrected chi connectivity index (χ0v) is 13.1. The van der Waals surface area contributed by atoms with Gasteiger partial charge in [-0.1, -0.05) is 12.1 Å². The molecule has 0 aliphatic carbocycles. The fourth-order valence-electron chi connectivity index (χ4n) is 2.21. The second-order valence-corrected chi connectivity index (χ2v) is 6.71. The fourth-order valence-corrected chi connectivity index (χ4v) is 2.61. The van der Waals surface area contributed by atoms with Crippen LogP contribution in [0.25, 0.3) is 0 Å².